The number of carboxylic acid groups (broad SMARTS) is 1. The molecular formula is C17H20ClNO5S. The third-order valence-electron chi connectivity index (χ3n) is 5.23. The summed E-state index contributed by atoms with van der Waals surface area (Å²) in [7, 11) is -2.99. The molecule has 0 radical (unpaired) electrons. The van der Waals surface area contributed by atoms with Crippen LogP contribution in [-0.4, -0.2) is 48.4 Å². The molecule has 1 heterocycles. The van der Waals surface area contributed by atoms with Crippen LogP contribution in [0.15, 0.2) is 24.3 Å². The highest BCUT2D eigenvalue weighted by Gasteiger charge is 2.60. The smallest absolute Gasteiger partial charge is 0.323 e. The second kappa shape index (κ2) is 6.61. The van der Waals surface area contributed by atoms with Gasteiger partial charge in [0, 0.05) is 17.5 Å². The molecule has 1 aliphatic carbocycles. The summed E-state index contributed by atoms with van der Waals surface area (Å²) < 4.78 is 23.2. The minimum Gasteiger partial charge on any atom is -0.480 e. The zero-order valence-corrected chi connectivity index (χ0v) is 15.2. The lowest BCUT2D eigenvalue weighted by Crippen LogP contribution is -2.38. The van der Waals surface area contributed by atoms with Gasteiger partial charge in [0.1, 0.15) is 16.4 Å². The number of benzene rings is 1. The molecular weight excluding hydrogens is 366 g/mol. The maximum Gasteiger partial charge on any atom is 0.323 e. The molecule has 8 heteroatoms. The number of carboxylic acids is 1. The first-order valence-electron chi connectivity index (χ1n) is 8.16. The minimum absolute atomic E-state index is 0.118. The topological polar surface area (TPSA) is 91.8 Å². The summed E-state index contributed by atoms with van der Waals surface area (Å²) in [6.45, 7) is -0.167. The fourth-order valence-corrected chi connectivity index (χ4v) is 5.36. The van der Waals surface area contributed by atoms with Crippen molar-refractivity contribution in [3.63, 3.8) is 0 Å². The van der Waals surface area contributed by atoms with Crippen LogP contribution in [0.2, 0.25) is 5.02 Å². The molecule has 1 unspecified atom stereocenters. The summed E-state index contributed by atoms with van der Waals surface area (Å²) in [6, 6.07) is 6.93. The summed E-state index contributed by atoms with van der Waals surface area (Å²) >= 11 is 5.85. The van der Waals surface area contributed by atoms with Gasteiger partial charge in [0.05, 0.1) is 11.5 Å². The number of aliphatic carboxylic acids is 1. The number of halogens is 1. The number of amides is 1. The summed E-state index contributed by atoms with van der Waals surface area (Å²) in [5.74, 6) is -1.30. The predicted octanol–water partition coefficient (Wildman–Crippen LogP) is 1.97. The molecule has 25 heavy (non-hydrogen) atoms. The van der Waals surface area contributed by atoms with Gasteiger partial charge in [0.25, 0.3) is 0 Å². The molecule has 2 fully saturated rings. The Balaban J connectivity index is 1.70. The molecule has 1 amide bonds. The Morgan fingerprint density at radius 3 is 2.36 bits per heavy atom. The van der Waals surface area contributed by atoms with Crippen molar-refractivity contribution in [2.24, 2.45) is 11.3 Å². The SMILES string of the molecule is O=C(O)CN(Cc1ccc(Cl)cc1)C(=O)C1CC12CCS(=O)(=O)CC2. The average molecular weight is 386 g/mol. The lowest BCUT2D eigenvalue weighted by molar-refractivity contribution is -0.145. The predicted molar refractivity (Wildman–Crippen MR) is 92.9 cm³/mol. The van der Waals surface area contributed by atoms with Gasteiger partial charge in [0.2, 0.25) is 5.91 Å². The average Bonchev–Trinajstić information content (AvgIpc) is 3.25. The van der Waals surface area contributed by atoms with Crippen molar-refractivity contribution in [1.82, 2.24) is 4.90 Å². The second-order valence-corrected chi connectivity index (χ2v) is 9.73. The molecule has 1 aromatic rings. The van der Waals surface area contributed by atoms with Gasteiger partial charge in [-0.15, -0.1) is 0 Å². The van der Waals surface area contributed by atoms with Crippen LogP contribution < -0.4 is 0 Å². The number of rotatable bonds is 5. The minimum atomic E-state index is -2.99. The molecule has 0 aromatic heterocycles. The normalized spacial score (nSPS) is 23.2. The monoisotopic (exact) mass is 385 g/mol. The Kier molecular flexibility index (Phi) is 4.81. The van der Waals surface area contributed by atoms with Crippen molar-refractivity contribution < 1.29 is 23.1 Å². The van der Waals surface area contributed by atoms with Crippen LogP contribution in [0.4, 0.5) is 0 Å². The van der Waals surface area contributed by atoms with Gasteiger partial charge in [-0.2, -0.15) is 0 Å². The van der Waals surface area contributed by atoms with Crippen molar-refractivity contribution in [2.45, 2.75) is 25.8 Å². The van der Waals surface area contributed by atoms with E-state index in [-0.39, 0.29) is 41.8 Å². The van der Waals surface area contributed by atoms with Crippen LogP contribution >= 0.6 is 11.6 Å². The van der Waals surface area contributed by atoms with E-state index < -0.39 is 15.8 Å². The van der Waals surface area contributed by atoms with E-state index in [1.54, 1.807) is 24.3 Å². The third-order valence-corrected chi connectivity index (χ3v) is 7.14. The van der Waals surface area contributed by atoms with E-state index in [0.717, 1.165) is 5.56 Å². The Morgan fingerprint density at radius 1 is 1.20 bits per heavy atom. The van der Waals surface area contributed by atoms with E-state index in [4.69, 9.17) is 16.7 Å². The molecule has 2 aliphatic rings. The van der Waals surface area contributed by atoms with E-state index in [2.05, 4.69) is 0 Å². The maximum absolute atomic E-state index is 12.8. The van der Waals surface area contributed by atoms with Crippen molar-refractivity contribution in [3.05, 3.63) is 34.9 Å². The van der Waals surface area contributed by atoms with Crippen LogP contribution in [0.1, 0.15) is 24.8 Å². The Bertz CT molecular complexity index is 776. The largest absolute Gasteiger partial charge is 0.480 e. The third kappa shape index (κ3) is 4.15. The van der Waals surface area contributed by atoms with Crippen molar-refractivity contribution in [1.29, 1.82) is 0 Å². The molecule has 1 saturated carbocycles. The van der Waals surface area contributed by atoms with Crippen molar-refractivity contribution >= 4 is 33.3 Å². The molecule has 0 bridgehead atoms. The number of carbonyl (C=O) groups is 2. The standard InChI is InChI=1S/C17H20ClNO5S/c18-13-3-1-12(2-4-13)10-19(11-15(20)21)16(22)14-9-17(14)5-7-25(23,24)8-6-17/h1-4,14H,5-11H2,(H,20,21). The van der Waals surface area contributed by atoms with Gasteiger partial charge in [0.15, 0.2) is 0 Å². The molecule has 1 atom stereocenters. The van der Waals surface area contributed by atoms with Crippen molar-refractivity contribution in [3.8, 4) is 0 Å². The zero-order chi connectivity index (χ0) is 18.2. The molecule has 136 valence electrons. The Hall–Kier alpha value is -1.60. The molecule has 6 nitrogen and oxygen atoms in total. The van der Waals surface area contributed by atoms with E-state index >= 15 is 0 Å². The molecule has 1 saturated heterocycles. The summed E-state index contributed by atoms with van der Waals surface area (Å²) in [6.07, 6.45) is 1.64. The maximum atomic E-state index is 12.8. The number of sulfone groups is 1. The van der Waals surface area contributed by atoms with Gasteiger partial charge >= 0.3 is 5.97 Å². The first-order valence-corrected chi connectivity index (χ1v) is 10.4. The number of hydrogen-bond donors (Lipinski definition) is 1. The Morgan fingerprint density at radius 2 is 1.80 bits per heavy atom. The number of hydrogen-bond acceptors (Lipinski definition) is 4. The van der Waals surface area contributed by atoms with Gasteiger partial charge in [-0.25, -0.2) is 8.42 Å². The number of nitrogens with zero attached hydrogens (tertiary/aromatic N) is 1. The molecule has 3 rings (SSSR count). The molecule has 1 aromatic carbocycles. The Labute approximate surface area is 151 Å². The lowest BCUT2D eigenvalue weighted by Gasteiger charge is -2.26. The van der Waals surface area contributed by atoms with Crippen molar-refractivity contribution in [2.75, 3.05) is 18.1 Å². The van der Waals surface area contributed by atoms with Crippen LogP contribution in [0.5, 0.6) is 0 Å². The molecule has 1 spiro atoms. The molecule has 1 N–H and O–H groups in total. The summed E-state index contributed by atoms with van der Waals surface area (Å²) in [5.41, 5.74) is 0.555. The van der Waals surface area contributed by atoms with E-state index in [1.165, 1.54) is 4.90 Å². The van der Waals surface area contributed by atoms with Gasteiger partial charge < -0.3 is 10.0 Å². The van der Waals surface area contributed by atoms with Crippen LogP contribution in [0.25, 0.3) is 0 Å². The van der Waals surface area contributed by atoms with E-state index in [1.807, 2.05) is 0 Å². The van der Waals surface area contributed by atoms with Crippen LogP contribution in [-0.2, 0) is 26.0 Å². The highest BCUT2D eigenvalue weighted by atomic mass is 35.5. The summed E-state index contributed by atoms with van der Waals surface area (Å²) in [5, 5.41) is 9.71. The van der Waals surface area contributed by atoms with E-state index in [0.29, 0.717) is 24.3 Å². The fourth-order valence-electron chi connectivity index (χ4n) is 3.60. The second-order valence-electron chi connectivity index (χ2n) is 6.99. The lowest BCUT2D eigenvalue weighted by atomic mass is 9.95. The zero-order valence-electron chi connectivity index (χ0n) is 13.7. The highest BCUT2D eigenvalue weighted by molar-refractivity contribution is 7.91. The highest BCUT2D eigenvalue weighted by Crippen LogP contribution is 2.60. The quantitative estimate of drug-likeness (QED) is 0.836. The fraction of sp³-hybridized carbons (Fsp3) is 0.529. The van der Waals surface area contributed by atoms with Gasteiger partial charge in [-0.3, -0.25) is 9.59 Å². The van der Waals surface area contributed by atoms with Gasteiger partial charge in [-0.1, -0.05) is 23.7 Å². The van der Waals surface area contributed by atoms with Crippen LogP contribution in [0, 0.1) is 11.3 Å². The first kappa shape index (κ1) is 18.2. The molecule has 1 aliphatic heterocycles. The number of carbonyl (C=O) groups excluding carboxylic acids is 1. The van der Waals surface area contributed by atoms with E-state index in [9.17, 15) is 18.0 Å². The van der Waals surface area contributed by atoms with Gasteiger partial charge in [-0.05, 0) is 42.4 Å². The summed E-state index contributed by atoms with van der Waals surface area (Å²) in [4.78, 5) is 25.3. The first-order chi connectivity index (χ1) is 11.7. The van der Waals surface area contributed by atoms with Crippen LogP contribution in [0.3, 0.4) is 0 Å².